The van der Waals surface area contributed by atoms with E-state index in [4.69, 9.17) is 5.11 Å². The molecule has 0 bridgehead atoms. The standard InChI is InChI=1S/C13H14N4O2/c18-13(19)11-15-10-4-2-1-3-9(10)12(16-11)17-7-5-14-6-8-17/h1-4,14H,5-8H2,(H,18,19). The molecular weight excluding hydrogens is 244 g/mol. The number of carboxylic acid groups (broad SMARTS) is 1. The Kier molecular flexibility index (Phi) is 3.00. The molecule has 1 aromatic carbocycles. The summed E-state index contributed by atoms with van der Waals surface area (Å²) in [5.74, 6) is -0.529. The van der Waals surface area contributed by atoms with Crippen LogP contribution in [0.4, 0.5) is 5.82 Å². The van der Waals surface area contributed by atoms with E-state index in [1.54, 1.807) is 0 Å². The first-order valence-corrected chi connectivity index (χ1v) is 6.21. The molecule has 1 aromatic heterocycles. The second kappa shape index (κ2) is 4.81. The topological polar surface area (TPSA) is 78.3 Å². The Morgan fingerprint density at radius 2 is 1.95 bits per heavy atom. The molecule has 98 valence electrons. The Hall–Kier alpha value is -2.21. The molecule has 2 heterocycles. The maximum atomic E-state index is 11.1. The Balaban J connectivity index is 2.16. The zero-order valence-corrected chi connectivity index (χ0v) is 10.3. The van der Waals surface area contributed by atoms with E-state index in [1.165, 1.54) is 0 Å². The fourth-order valence-electron chi connectivity index (χ4n) is 2.27. The van der Waals surface area contributed by atoms with Crippen LogP contribution in [0.1, 0.15) is 10.6 Å². The number of aromatic nitrogens is 2. The van der Waals surface area contributed by atoms with E-state index in [-0.39, 0.29) is 5.82 Å². The number of para-hydroxylation sites is 1. The molecule has 0 amide bonds. The first-order valence-electron chi connectivity index (χ1n) is 6.21. The fourth-order valence-corrected chi connectivity index (χ4v) is 2.27. The van der Waals surface area contributed by atoms with Crippen molar-refractivity contribution < 1.29 is 9.90 Å². The molecule has 0 spiro atoms. The lowest BCUT2D eigenvalue weighted by atomic mass is 10.2. The zero-order chi connectivity index (χ0) is 13.2. The monoisotopic (exact) mass is 258 g/mol. The molecule has 1 aliphatic heterocycles. The Morgan fingerprint density at radius 3 is 2.68 bits per heavy atom. The number of benzene rings is 1. The lowest BCUT2D eigenvalue weighted by Crippen LogP contribution is -2.44. The van der Waals surface area contributed by atoms with Crippen molar-refractivity contribution in [2.75, 3.05) is 31.1 Å². The van der Waals surface area contributed by atoms with Gasteiger partial charge >= 0.3 is 5.97 Å². The van der Waals surface area contributed by atoms with Crippen LogP contribution in [-0.2, 0) is 0 Å². The van der Waals surface area contributed by atoms with Crippen LogP contribution in [0, 0.1) is 0 Å². The Morgan fingerprint density at radius 1 is 1.21 bits per heavy atom. The minimum Gasteiger partial charge on any atom is -0.475 e. The highest BCUT2D eigenvalue weighted by Gasteiger charge is 2.18. The number of piperazine rings is 1. The maximum Gasteiger partial charge on any atom is 0.374 e. The van der Waals surface area contributed by atoms with Crippen LogP contribution in [0.15, 0.2) is 24.3 Å². The van der Waals surface area contributed by atoms with E-state index in [0.717, 1.165) is 31.6 Å². The number of hydrogen-bond acceptors (Lipinski definition) is 5. The molecule has 1 saturated heterocycles. The molecule has 3 rings (SSSR count). The largest absolute Gasteiger partial charge is 0.475 e. The van der Waals surface area contributed by atoms with Crippen LogP contribution in [-0.4, -0.2) is 47.2 Å². The second-order valence-corrected chi connectivity index (χ2v) is 4.43. The molecule has 0 aliphatic carbocycles. The number of fused-ring (bicyclic) bond motifs is 1. The molecule has 19 heavy (non-hydrogen) atoms. The predicted molar refractivity (Wildman–Crippen MR) is 71.6 cm³/mol. The average molecular weight is 258 g/mol. The van der Waals surface area contributed by atoms with Crippen LogP contribution < -0.4 is 10.2 Å². The number of anilines is 1. The molecule has 0 atom stereocenters. The van der Waals surface area contributed by atoms with E-state index in [2.05, 4.69) is 20.2 Å². The van der Waals surface area contributed by atoms with Gasteiger partial charge in [-0.1, -0.05) is 12.1 Å². The maximum absolute atomic E-state index is 11.1. The quantitative estimate of drug-likeness (QED) is 0.827. The zero-order valence-electron chi connectivity index (χ0n) is 10.3. The van der Waals surface area contributed by atoms with Crippen LogP contribution in [0.25, 0.3) is 10.9 Å². The fraction of sp³-hybridized carbons (Fsp3) is 0.308. The van der Waals surface area contributed by atoms with Gasteiger partial charge in [0.1, 0.15) is 5.82 Å². The molecule has 0 unspecified atom stereocenters. The molecule has 0 saturated carbocycles. The van der Waals surface area contributed by atoms with Gasteiger partial charge in [-0.2, -0.15) is 0 Å². The number of nitrogens with zero attached hydrogens (tertiary/aromatic N) is 3. The number of aromatic carboxylic acids is 1. The van der Waals surface area contributed by atoms with Crippen LogP contribution in [0.2, 0.25) is 0 Å². The molecule has 6 heteroatoms. The molecule has 6 nitrogen and oxygen atoms in total. The average Bonchev–Trinajstić information content (AvgIpc) is 2.47. The molecule has 1 aliphatic rings. The minimum absolute atomic E-state index is 0.146. The SMILES string of the molecule is O=C(O)c1nc(N2CCNCC2)c2ccccc2n1. The summed E-state index contributed by atoms with van der Waals surface area (Å²) in [5.41, 5.74) is 0.670. The first-order chi connectivity index (χ1) is 9.25. The van der Waals surface area contributed by atoms with Gasteiger partial charge < -0.3 is 15.3 Å². The third-order valence-electron chi connectivity index (χ3n) is 3.19. The van der Waals surface area contributed by atoms with Gasteiger partial charge in [0, 0.05) is 31.6 Å². The summed E-state index contributed by atoms with van der Waals surface area (Å²) >= 11 is 0. The van der Waals surface area contributed by atoms with Crippen molar-refractivity contribution in [2.24, 2.45) is 0 Å². The highest BCUT2D eigenvalue weighted by Crippen LogP contribution is 2.24. The van der Waals surface area contributed by atoms with Crippen LogP contribution in [0.5, 0.6) is 0 Å². The van der Waals surface area contributed by atoms with E-state index >= 15 is 0 Å². The summed E-state index contributed by atoms with van der Waals surface area (Å²) in [6.07, 6.45) is 0. The lowest BCUT2D eigenvalue weighted by Gasteiger charge is -2.29. The van der Waals surface area contributed by atoms with Gasteiger partial charge in [-0.3, -0.25) is 0 Å². The van der Waals surface area contributed by atoms with E-state index in [1.807, 2.05) is 24.3 Å². The van der Waals surface area contributed by atoms with Crippen LogP contribution in [0.3, 0.4) is 0 Å². The third kappa shape index (κ3) is 2.22. The number of carbonyl (C=O) groups is 1. The van der Waals surface area contributed by atoms with Crippen molar-refractivity contribution in [1.82, 2.24) is 15.3 Å². The highest BCUT2D eigenvalue weighted by atomic mass is 16.4. The highest BCUT2D eigenvalue weighted by molar-refractivity contribution is 5.93. The van der Waals surface area contributed by atoms with E-state index in [9.17, 15) is 4.79 Å². The number of hydrogen-bond donors (Lipinski definition) is 2. The molecule has 1 fully saturated rings. The van der Waals surface area contributed by atoms with Crippen molar-refractivity contribution in [3.05, 3.63) is 30.1 Å². The summed E-state index contributed by atoms with van der Waals surface area (Å²) in [7, 11) is 0. The normalized spacial score (nSPS) is 15.7. The van der Waals surface area contributed by atoms with Crippen molar-refractivity contribution in [3.63, 3.8) is 0 Å². The second-order valence-electron chi connectivity index (χ2n) is 4.43. The smallest absolute Gasteiger partial charge is 0.374 e. The van der Waals surface area contributed by atoms with E-state index in [0.29, 0.717) is 11.3 Å². The summed E-state index contributed by atoms with van der Waals surface area (Å²) in [6, 6.07) is 7.51. The van der Waals surface area contributed by atoms with Crippen molar-refractivity contribution >= 4 is 22.7 Å². The van der Waals surface area contributed by atoms with E-state index < -0.39 is 5.97 Å². The first kappa shape index (κ1) is 11.9. The van der Waals surface area contributed by atoms with Crippen molar-refractivity contribution in [3.8, 4) is 0 Å². The molecule has 2 N–H and O–H groups in total. The van der Waals surface area contributed by atoms with Gasteiger partial charge in [0.2, 0.25) is 5.82 Å². The van der Waals surface area contributed by atoms with Crippen molar-refractivity contribution in [1.29, 1.82) is 0 Å². The summed E-state index contributed by atoms with van der Waals surface area (Å²) < 4.78 is 0. The molecule has 2 aromatic rings. The summed E-state index contributed by atoms with van der Waals surface area (Å²) in [5, 5.41) is 13.3. The van der Waals surface area contributed by atoms with Crippen LogP contribution >= 0.6 is 0 Å². The Bertz CT molecular complexity index is 623. The predicted octanol–water partition coefficient (Wildman–Crippen LogP) is 0.738. The van der Waals surface area contributed by atoms with Gasteiger partial charge in [0.25, 0.3) is 0 Å². The molecular formula is C13H14N4O2. The van der Waals surface area contributed by atoms with Gasteiger partial charge in [0.15, 0.2) is 0 Å². The number of carboxylic acids is 1. The number of nitrogens with one attached hydrogen (secondary N) is 1. The number of rotatable bonds is 2. The summed E-state index contributed by atoms with van der Waals surface area (Å²) in [6.45, 7) is 3.39. The van der Waals surface area contributed by atoms with Crippen molar-refractivity contribution in [2.45, 2.75) is 0 Å². The van der Waals surface area contributed by atoms with Gasteiger partial charge in [-0.25, -0.2) is 14.8 Å². The minimum atomic E-state index is -1.10. The lowest BCUT2D eigenvalue weighted by molar-refractivity contribution is 0.0684. The Labute approximate surface area is 110 Å². The molecule has 0 radical (unpaired) electrons. The summed E-state index contributed by atoms with van der Waals surface area (Å²) in [4.78, 5) is 21.5. The third-order valence-corrected chi connectivity index (χ3v) is 3.19. The van der Waals surface area contributed by atoms with Gasteiger partial charge in [-0.15, -0.1) is 0 Å². The van der Waals surface area contributed by atoms with Gasteiger partial charge in [-0.05, 0) is 12.1 Å². The van der Waals surface area contributed by atoms with Gasteiger partial charge in [0.05, 0.1) is 5.52 Å².